The predicted molar refractivity (Wildman–Crippen MR) is 84.3 cm³/mol. The third-order valence-corrected chi connectivity index (χ3v) is 3.24. The molecule has 2 aromatic rings. The minimum atomic E-state index is -0.0100. The van der Waals surface area contributed by atoms with Crippen LogP contribution < -0.4 is 10.3 Å². The number of nitrogens with zero attached hydrogens (tertiary/aromatic N) is 1. The fraction of sp³-hybridized carbons (Fsp3) is 0.278. The number of rotatable bonds is 4. The van der Waals surface area contributed by atoms with Crippen molar-refractivity contribution in [1.29, 1.82) is 0 Å². The Bertz CT molecular complexity index is 754. The molecular weight excluding hydrogens is 351 g/mol. The van der Waals surface area contributed by atoms with Crippen LogP contribution in [0, 0.1) is 24.8 Å². The van der Waals surface area contributed by atoms with Gasteiger partial charge in [-0.3, -0.25) is 4.79 Å². The molecule has 0 aliphatic carbocycles. The largest absolute Gasteiger partial charge is 0.481 e. The van der Waals surface area contributed by atoms with Crippen molar-refractivity contribution in [3.8, 4) is 28.8 Å². The Balaban J connectivity index is 0.00000242. The van der Waals surface area contributed by atoms with Crippen LogP contribution in [-0.4, -0.2) is 11.2 Å². The van der Waals surface area contributed by atoms with Gasteiger partial charge < -0.3 is 9.30 Å². The van der Waals surface area contributed by atoms with Gasteiger partial charge in [-0.2, -0.15) is 12.1 Å². The zero-order valence-electron chi connectivity index (χ0n) is 13.1. The molecule has 0 amide bonds. The van der Waals surface area contributed by atoms with Gasteiger partial charge in [0.05, 0.1) is 0 Å². The molecule has 1 heterocycles. The van der Waals surface area contributed by atoms with E-state index < -0.39 is 0 Å². The minimum absolute atomic E-state index is 0. The molecule has 4 heteroatoms. The van der Waals surface area contributed by atoms with E-state index in [0.29, 0.717) is 13.2 Å². The number of pyridine rings is 1. The maximum absolute atomic E-state index is 11.9. The maximum Gasteiger partial charge on any atom is 0.194 e. The van der Waals surface area contributed by atoms with E-state index in [9.17, 15) is 4.79 Å². The van der Waals surface area contributed by atoms with Gasteiger partial charge in [0.25, 0.3) is 0 Å². The van der Waals surface area contributed by atoms with E-state index in [1.807, 2.05) is 32.0 Å². The molecule has 0 atom stereocenters. The SMILES string of the molecule is CC#CCOc1ccc(-c2[c-]ccc(=O)n2CC)c(C)c1.[Y]. The van der Waals surface area contributed by atoms with Gasteiger partial charge in [0.2, 0.25) is 0 Å². The van der Waals surface area contributed by atoms with Crippen molar-refractivity contribution < 1.29 is 37.4 Å². The molecule has 0 spiro atoms. The number of aromatic nitrogens is 1. The first-order valence-corrected chi connectivity index (χ1v) is 6.92. The monoisotopic (exact) mass is 369 g/mol. The summed E-state index contributed by atoms with van der Waals surface area (Å²) in [5, 5.41) is 0. The van der Waals surface area contributed by atoms with Crippen molar-refractivity contribution in [3.05, 3.63) is 52.3 Å². The van der Waals surface area contributed by atoms with E-state index in [2.05, 4.69) is 17.9 Å². The van der Waals surface area contributed by atoms with Crippen LogP contribution in [0.2, 0.25) is 0 Å². The van der Waals surface area contributed by atoms with Crippen molar-refractivity contribution in [3.63, 3.8) is 0 Å². The van der Waals surface area contributed by atoms with Gasteiger partial charge in [0, 0.05) is 39.3 Å². The number of ether oxygens (including phenoxy) is 1. The average molecular weight is 369 g/mol. The number of hydrogen-bond acceptors (Lipinski definition) is 2. The molecule has 3 nitrogen and oxygen atoms in total. The standard InChI is InChI=1S/C18H18NO2.Y/c1-4-6-12-21-15-10-11-16(14(3)13-15)17-8-7-9-18(20)19(17)5-2;/h7,9-11,13H,5,12H2,1-3H3;/q-1;. The summed E-state index contributed by atoms with van der Waals surface area (Å²) < 4.78 is 7.26. The molecule has 1 radical (unpaired) electrons. The summed E-state index contributed by atoms with van der Waals surface area (Å²) in [5.41, 5.74) is 2.83. The summed E-state index contributed by atoms with van der Waals surface area (Å²) in [4.78, 5) is 11.9. The molecule has 22 heavy (non-hydrogen) atoms. The molecule has 0 saturated heterocycles. The molecule has 0 fully saturated rings. The fourth-order valence-corrected chi connectivity index (χ4v) is 2.19. The van der Waals surface area contributed by atoms with Gasteiger partial charge in [-0.15, -0.1) is 12.0 Å². The third kappa shape index (κ3) is 4.32. The van der Waals surface area contributed by atoms with E-state index in [0.717, 1.165) is 22.6 Å². The molecule has 0 saturated carbocycles. The fourth-order valence-electron chi connectivity index (χ4n) is 2.19. The Hall–Kier alpha value is -1.37. The summed E-state index contributed by atoms with van der Waals surface area (Å²) in [6.45, 7) is 6.74. The normalized spacial score (nSPS) is 9.41. The van der Waals surface area contributed by atoms with E-state index in [4.69, 9.17) is 4.74 Å². The first-order valence-electron chi connectivity index (χ1n) is 6.92. The van der Waals surface area contributed by atoms with Gasteiger partial charge >= 0.3 is 0 Å². The summed E-state index contributed by atoms with van der Waals surface area (Å²) in [7, 11) is 0. The minimum Gasteiger partial charge on any atom is -0.481 e. The second kappa shape index (κ2) is 8.93. The molecule has 2 rings (SSSR count). The number of aryl methyl sites for hydroxylation is 1. The zero-order valence-corrected chi connectivity index (χ0v) is 16.0. The Morgan fingerprint density at radius 3 is 2.73 bits per heavy atom. The second-order valence-corrected chi connectivity index (χ2v) is 4.60. The van der Waals surface area contributed by atoms with Crippen molar-refractivity contribution in [2.24, 2.45) is 0 Å². The predicted octanol–water partition coefficient (Wildman–Crippen LogP) is 3.04. The smallest absolute Gasteiger partial charge is 0.194 e. The van der Waals surface area contributed by atoms with E-state index in [1.54, 1.807) is 17.6 Å². The van der Waals surface area contributed by atoms with Gasteiger partial charge in [-0.1, -0.05) is 35.7 Å². The molecule has 111 valence electrons. The van der Waals surface area contributed by atoms with Crippen LogP contribution in [0.4, 0.5) is 0 Å². The molecule has 0 bridgehead atoms. The summed E-state index contributed by atoms with van der Waals surface area (Å²) >= 11 is 0. The van der Waals surface area contributed by atoms with Gasteiger partial charge in [-0.05, 0) is 26.0 Å². The van der Waals surface area contributed by atoms with Crippen molar-refractivity contribution in [2.75, 3.05) is 6.61 Å². The third-order valence-electron chi connectivity index (χ3n) is 3.24. The van der Waals surface area contributed by atoms with Crippen molar-refractivity contribution in [1.82, 2.24) is 4.57 Å². The van der Waals surface area contributed by atoms with Crippen molar-refractivity contribution in [2.45, 2.75) is 27.3 Å². The Morgan fingerprint density at radius 2 is 2.09 bits per heavy atom. The topological polar surface area (TPSA) is 31.2 Å². The molecule has 0 unspecified atom stereocenters. The van der Waals surface area contributed by atoms with Crippen LogP contribution in [-0.2, 0) is 39.3 Å². The van der Waals surface area contributed by atoms with Gasteiger partial charge in [-0.25, -0.2) is 0 Å². The second-order valence-electron chi connectivity index (χ2n) is 4.60. The van der Waals surface area contributed by atoms with Gasteiger partial charge in [0.15, 0.2) is 5.56 Å². The van der Waals surface area contributed by atoms with Crippen LogP contribution in [0.5, 0.6) is 5.75 Å². The Morgan fingerprint density at radius 1 is 1.32 bits per heavy atom. The van der Waals surface area contributed by atoms with Crippen molar-refractivity contribution >= 4 is 0 Å². The Labute approximate surface area is 156 Å². The number of benzene rings is 1. The average Bonchev–Trinajstić information content (AvgIpc) is 2.47. The van der Waals surface area contributed by atoms with Crippen LogP contribution in [0.15, 0.2) is 35.1 Å². The molecule has 1 aromatic carbocycles. The van der Waals surface area contributed by atoms with E-state index in [1.165, 1.54) is 6.07 Å². The first-order chi connectivity index (χ1) is 10.2. The zero-order chi connectivity index (χ0) is 15.2. The van der Waals surface area contributed by atoms with E-state index in [-0.39, 0.29) is 38.3 Å². The maximum atomic E-state index is 11.9. The Kier molecular flexibility index (Phi) is 7.58. The summed E-state index contributed by atoms with van der Waals surface area (Å²) in [6.07, 6.45) is 0. The molecule has 0 aliphatic rings. The molecule has 0 aliphatic heterocycles. The first kappa shape index (κ1) is 18.7. The van der Waals surface area contributed by atoms with Crippen LogP contribution in [0.3, 0.4) is 0 Å². The van der Waals surface area contributed by atoms with Gasteiger partial charge in [0.1, 0.15) is 12.4 Å². The number of hydrogen-bond donors (Lipinski definition) is 0. The summed E-state index contributed by atoms with van der Waals surface area (Å²) in [6, 6.07) is 12.2. The molecular formula is C18H18NO2Y-. The van der Waals surface area contributed by atoms with Crippen LogP contribution in [0.1, 0.15) is 19.4 Å². The van der Waals surface area contributed by atoms with Crippen LogP contribution >= 0.6 is 0 Å². The van der Waals surface area contributed by atoms with E-state index >= 15 is 0 Å². The summed E-state index contributed by atoms with van der Waals surface area (Å²) in [5.74, 6) is 6.44. The molecule has 0 N–H and O–H groups in total. The van der Waals surface area contributed by atoms with Crippen LogP contribution in [0.25, 0.3) is 11.3 Å². The molecule has 1 aromatic heterocycles. The quantitative estimate of drug-likeness (QED) is 0.613.